The molecule has 22 heavy (non-hydrogen) atoms. The lowest BCUT2D eigenvalue weighted by Gasteiger charge is -2.28. The molecule has 0 bridgehead atoms. The molecular weight excluding hydrogens is 341 g/mol. The van der Waals surface area contributed by atoms with Gasteiger partial charge in [0.2, 0.25) is 0 Å². The maximum absolute atomic E-state index is 4.66. The lowest BCUT2D eigenvalue weighted by atomic mass is 10.3. The maximum Gasteiger partial charge on any atom is 0.160 e. The number of para-hydroxylation sites is 2. The van der Waals surface area contributed by atoms with Crippen LogP contribution in [0, 0.1) is 0 Å². The Morgan fingerprint density at radius 2 is 1.86 bits per heavy atom. The van der Waals surface area contributed by atoms with Crippen molar-refractivity contribution in [1.82, 2.24) is 20.3 Å². The third-order valence-electron chi connectivity index (χ3n) is 3.57. The van der Waals surface area contributed by atoms with Crippen LogP contribution in [0.2, 0.25) is 0 Å². The molecule has 2 aromatic heterocycles. The molecule has 5 nitrogen and oxygen atoms in total. The van der Waals surface area contributed by atoms with Crippen LogP contribution in [0.15, 0.2) is 29.8 Å². The minimum absolute atomic E-state index is 0. The minimum Gasteiger partial charge on any atom is -0.359 e. The number of hydrogen-bond acceptors (Lipinski definition) is 5. The van der Waals surface area contributed by atoms with Gasteiger partial charge in [0, 0.05) is 26.2 Å². The highest BCUT2D eigenvalue weighted by Gasteiger charge is 2.19. The molecule has 1 aliphatic heterocycles. The molecule has 0 spiro atoms. The molecule has 0 unspecified atom stereocenters. The molecule has 1 saturated heterocycles. The van der Waals surface area contributed by atoms with Gasteiger partial charge in [0.15, 0.2) is 5.82 Å². The van der Waals surface area contributed by atoms with Gasteiger partial charge in [0.1, 0.15) is 10.7 Å². The second kappa shape index (κ2) is 7.28. The van der Waals surface area contributed by atoms with Gasteiger partial charge in [-0.15, -0.1) is 36.2 Å². The van der Waals surface area contributed by atoms with Gasteiger partial charge in [-0.05, 0) is 12.1 Å². The van der Waals surface area contributed by atoms with Crippen molar-refractivity contribution in [2.24, 2.45) is 0 Å². The molecule has 3 aromatic rings. The summed E-state index contributed by atoms with van der Waals surface area (Å²) in [6, 6.07) is 8.09. The van der Waals surface area contributed by atoms with Crippen LogP contribution in [0.4, 0.5) is 5.00 Å². The topological polar surface area (TPSA) is 56.8 Å². The number of imidazole rings is 1. The van der Waals surface area contributed by atoms with E-state index in [0.29, 0.717) is 0 Å². The summed E-state index contributed by atoms with van der Waals surface area (Å²) in [5.41, 5.74) is 4.91. The maximum atomic E-state index is 4.66. The molecule has 4 rings (SSSR count). The molecule has 8 heteroatoms. The van der Waals surface area contributed by atoms with Gasteiger partial charge in [0.25, 0.3) is 0 Å². The third kappa shape index (κ3) is 3.05. The number of fused-ring (bicyclic) bond motifs is 1. The Morgan fingerprint density at radius 1 is 1.09 bits per heavy atom. The van der Waals surface area contributed by atoms with Gasteiger partial charge in [-0.25, -0.2) is 9.97 Å². The predicted octanol–water partition coefficient (Wildman–Crippen LogP) is 2.94. The molecular formula is C14H17Cl2N5S. The number of aromatic amines is 1. The number of aromatic nitrogens is 3. The third-order valence-corrected chi connectivity index (χ3v) is 4.45. The van der Waals surface area contributed by atoms with E-state index in [4.69, 9.17) is 0 Å². The highest BCUT2D eigenvalue weighted by Crippen LogP contribution is 2.33. The normalized spacial score (nSPS) is 14.5. The van der Waals surface area contributed by atoms with E-state index in [1.54, 1.807) is 11.3 Å². The van der Waals surface area contributed by atoms with Crippen LogP contribution < -0.4 is 10.2 Å². The lowest BCUT2D eigenvalue weighted by Crippen LogP contribution is -2.43. The first-order valence-corrected chi connectivity index (χ1v) is 7.64. The quantitative estimate of drug-likeness (QED) is 0.740. The van der Waals surface area contributed by atoms with Crippen molar-refractivity contribution in [3.63, 3.8) is 0 Å². The van der Waals surface area contributed by atoms with E-state index in [-0.39, 0.29) is 24.8 Å². The number of hydrogen-bond donors (Lipinski definition) is 2. The number of piperazine rings is 1. The second-order valence-corrected chi connectivity index (χ2v) is 5.68. The van der Waals surface area contributed by atoms with E-state index in [9.17, 15) is 0 Å². The Balaban J connectivity index is 0.000000882. The monoisotopic (exact) mass is 357 g/mol. The molecule has 0 radical (unpaired) electrons. The van der Waals surface area contributed by atoms with Crippen LogP contribution in [0.1, 0.15) is 0 Å². The number of benzene rings is 1. The Labute approximate surface area is 145 Å². The largest absolute Gasteiger partial charge is 0.359 e. The van der Waals surface area contributed by atoms with Crippen LogP contribution >= 0.6 is 36.2 Å². The Morgan fingerprint density at radius 3 is 2.64 bits per heavy atom. The van der Waals surface area contributed by atoms with Crippen molar-refractivity contribution < 1.29 is 0 Å². The first-order chi connectivity index (χ1) is 9.92. The molecule has 118 valence electrons. The summed E-state index contributed by atoms with van der Waals surface area (Å²) in [7, 11) is 0. The Kier molecular flexibility index (Phi) is 5.63. The number of halogens is 2. The summed E-state index contributed by atoms with van der Waals surface area (Å²) in [6.07, 6.45) is 0. The zero-order valence-corrected chi connectivity index (χ0v) is 14.2. The fourth-order valence-electron chi connectivity index (χ4n) is 2.56. The number of nitrogens with one attached hydrogen (secondary N) is 2. The van der Waals surface area contributed by atoms with Gasteiger partial charge in [-0.3, -0.25) is 0 Å². The summed E-state index contributed by atoms with van der Waals surface area (Å²) in [5, 5.41) is 4.59. The number of anilines is 1. The van der Waals surface area contributed by atoms with E-state index >= 15 is 0 Å². The van der Waals surface area contributed by atoms with Crippen molar-refractivity contribution in [1.29, 1.82) is 0 Å². The van der Waals surface area contributed by atoms with E-state index in [1.165, 1.54) is 5.00 Å². The number of thiazole rings is 1. The molecule has 1 aromatic carbocycles. The van der Waals surface area contributed by atoms with Crippen LogP contribution in [-0.4, -0.2) is 41.1 Å². The standard InChI is InChI=1S/C14H15N5S.2ClH/c1-2-4-11-10(3-1)17-13(18-11)12-14(20-9-16-12)19-7-5-15-6-8-19;;/h1-4,9,15H,5-8H2,(H,17,18);2*1H. The summed E-state index contributed by atoms with van der Waals surface area (Å²) < 4.78 is 0. The molecule has 2 N–H and O–H groups in total. The summed E-state index contributed by atoms with van der Waals surface area (Å²) >= 11 is 1.69. The van der Waals surface area contributed by atoms with Crippen LogP contribution in [0.5, 0.6) is 0 Å². The van der Waals surface area contributed by atoms with Gasteiger partial charge >= 0.3 is 0 Å². The number of H-pyrrole nitrogens is 1. The zero-order chi connectivity index (χ0) is 13.4. The molecule has 1 aliphatic rings. The summed E-state index contributed by atoms with van der Waals surface area (Å²) in [5.74, 6) is 0.862. The first kappa shape index (κ1) is 17.0. The summed E-state index contributed by atoms with van der Waals surface area (Å²) in [4.78, 5) is 14.9. The van der Waals surface area contributed by atoms with Gasteiger partial charge in [-0.2, -0.15) is 0 Å². The molecule has 0 saturated carbocycles. The smallest absolute Gasteiger partial charge is 0.160 e. The van der Waals surface area contributed by atoms with Crippen LogP contribution in [0.3, 0.4) is 0 Å². The first-order valence-electron chi connectivity index (χ1n) is 6.76. The van der Waals surface area contributed by atoms with Gasteiger partial charge in [-0.1, -0.05) is 12.1 Å². The molecule has 0 amide bonds. The van der Waals surface area contributed by atoms with E-state index < -0.39 is 0 Å². The fraction of sp³-hybridized carbons (Fsp3) is 0.286. The van der Waals surface area contributed by atoms with E-state index in [2.05, 4.69) is 25.2 Å². The SMILES string of the molecule is Cl.Cl.c1ccc2[nH]c(-c3ncsc3N3CCNCC3)nc2c1. The Hall–Kier alpha value is -1.34. The Bertz CT molecular complexity index is 703. The minimum atomic E-state index is 0. The molecule has 0 atom stereocenters. The summed E-state index contributed by atoms with van der Waals surface area (Å²) in [6.45, 7) is 4.10. The zero-order valence-electron chi connectivity index (χ0n) is 11.8. The van der Waals surface area contributed by atoms with E-state index in [1.807, 2.05) is 29.8 Å². The molecule has 0 aliphatic carbocycles. The van der Waals surface area contributed by atoms with Crippen molar-refractivity contribution in [2.75, 3.05) is 31.1 Å². The highest BCUT2D eigenvalue weighted by atomic mass is 35.5. The number of nitrogens with zero attached hydrogens (tertiary/aromatic N) is 3. The van der Waals surface area contributed by atoms with Crippen LogP contribution in [0.25, 0.3) is 22.6 Å². The van der Waals surface area contributed by atoms with Crippen molar-refractivity contribution >= 4 is 52.2 Å². The predicted molar refractivity (Wildman–Crippen MR) is 96.8 cm³/mol. The van der Waals surface area contributed by atoms with Crippen molar-refractivity contribution in [3.05, 3.63) is 29.8 Å². The fourth-order valence-corrected chi connectivity index (χ4v) is 3.41. The number of rotatable bonds is 2. The van der Waals surface area contributed by atoms with Crippen LogP contribution in [-0.2, 0) is 0 Å². The van der Waals surface area contributed by atoms with E-state index in [0.717, 1.165) is 48.7 Å². The molecule has 3 heterocycles. The van der Waals surface area contributed by atoms with Gasteiger partial charge in [0.05, 0.1) is 16.5 Å². The van der Waals surface area contributed by atoms with Crippen molar-refractivity contribution in [3.8, 4) is 11.5 Å². The average molecular weight is 358 g/mol. The lowest BCUT2D eigenvalue weighted by molar-refractivity contribution is 0.592. The highest BCUT2D eigenvalue weighted by molar-refractivity contribution is 7.14. The molecule has 1 fully saturated rings. The van der Waals surface area contributed by atoms with Crippen molar-refractivity contribution in [2.45, 2.75) is 0 Å². The average Bonchev–Trinajstić information content (AvgIpc) is 3.14. The second-order valence-electron chi connectivity index (χ2n) is 4.85. The van der Waals surface area contributed by atoms with Gasteiger partial charge < -0.3 is 15.2 Å².